The van der Waals surface area contributed by atoms with Gasteiger partial charge in [0.1, 0.15) is 0 Å². The highest BCUT2D eigenvalue weighted by molar-refractivity contribution is 5.88. The Bertz CT molecular complexity index is 599. The molecule has 0 fully saturated rings. The number of aliphatic hydroxyl groups excluding tert-OH is 1. The summed E-state index contributed by atoms with van der Waals surface area (Å²) in [6.07, 6.45) is 0. The average molecular weight is 298 g/mol. The molecule has 0 spiro atoms. The monoisotopic (exact) mass is 298 g/mol. The van der Waals surface area contributed by atoms with Crippen LogP contribution in [0.3, 0.4) is 0 Å². The van der Waals surface area contributed by atoms with Crippen LogP contribution < -0.4 is 5.32 Å². The van der Waals surface area contributed by atoms with Crippen molar-refractivity contribution < 1.29 is 9.90 Å². The Balaban J connectivity index is 2.05. The highest BCUT2D eigenvalue weighted by Gasteiger charge is 2.07. The number of benzene rings is 2. The van der Waals surface area contributed by atoms with Gasteiger partial charge in [0, 0.05) is 32.2 Å². The Labute approximate surface area is 131 Å². The van der Waals surface area contributed by atoms with Crippen molar-refractivity contribution >= 4 is 11.6 Å². The van der Waals surface area contributed by atoms with Crippen LogP contribution in [0.25, 0.3) is 0 Å². The van der Waals surface area contributed by atoms with Crippen molar-refractivity contribution in [1.29, 1.82) is 0 Å². The minimum absolute atomic E-state index is 0.0753. The van der Waals surface area contributed by atoms with Gasteiger partial charge in [-0.2, -0.15) is 0 Å². The first kappa shape index (κ1) is 16.2. The summed E-state index contributed by atoms with van der Waals surface area (Å²) in [5, 5.41) is 12.1. The zero-order chi connectivity index (χ0) is 15.8. The fraction of sp³-hybridized carbons (Fsp3) is 0.278. The van der Waals surface area contributed by atoms with E-state index in [0.717, 1.165) is 24.3 Å². The number of nitrogens with zero attached hydrogens (tertiary/aromatic N) is 1. The lowest BCUT2D eigenvalue weighted by Crippen LogP contribution is -2.26. The van der Waals surface area contributed by atoms with E-state index in [4.69, 9.17) is 0 Å². The van der Waals surface area contributed by atoms with Crippen molar-refractivity contribution in [3.8, 4) is 0 Å². The third-order valence-corrected chi connectivity index (χ3v) is 3.32. The van der Waals surface area contributed by atoms with Crippen LogP contribution in [0, 0.1) is 0 Å². The predicted molar refractivity (Wildman–Crippen MR) is 88.4 cm³/mol. The van der Waals surface area contributed by atoms with Crippen LogP contribution in [0.5, 0.6) is 0 Å². The highest BCUT2D eigenvalue weighted by Crippen LogP contribution is 2.14. The highest BCUT2D eigenvalue weighted by atomic mass is 16.3. The molecule has 0 aromatic heterocycles. The van der Waals surface area contributed by atoms with Gasteiger partial charge in [-0.25, -0.2) is 0 Å². The Morgan fingerprint density at radius 1 is 1.05 bits per heavy atom. The van der Waals surface area contributed by atoms with Gasteiger partial charge in [-0.3, -0.25) is 9.69 Å². The molecule has 2 rings (SSSR count). The van der Waals surface area contributed by atoms with Crippen molar-refractivity contribution in [2.45, 2.75) is 20.0 Å². The molecule has 0 atom stereocenters. The largest absolute Gasteiger partial charge is 0.395 e. The number of carbonyl (C=O) groups is 1. The fourth-order valence-corrected chi connectivity index (χ4v) is 2.41. The second kappa shape index (κ2) is 8.32. The number of anilines is 1. The molecule has 0 aliphatic rings. The maximum absolute atomic E-state index is 11.1. The molecule has 0 saturated carbocycles. The maximum atomic E-state index is 11.1. The Hall–Kier alpha value is -2.17. The number of aliphatic hydroxyl groups is 1. The molecule has 0 aliphatic heterocycles. The second-order valence-electron chi connectivity index (χ2n) is 5.30. The summed E-state index contributed by atoms with van der Waals surface area (Å²) in [4.78, 5) is 13.3. The second-order valence-corrected chi connectivity index (χ2v) is 5.30. The van der Waals surface area contributed by atoms with E-state index >= 15 is 0 Å². The number of rotatable bonds is 7. The quantitative estimate of drug-likeness (QED) is 0.826. The van der Waals surface area contributed by atoms with Crippen LogP contribution in [0.4, 0.5) is 5.69 Å². The van der Waals surface area contributed by atoms with Crippen molar-refractivity contribution in [3.63, 3.8) is 0 Å². The number of carbonyl (C=O) groups excluding carboxylic acids is 1. The van der Waals surface area contributed by atoms with Gasteiger partial charge >= 0.3 is 0 Å². The minimum atomic E-state index is -0.0753. The maximum Gasteiger partial charge on any atom is 0.221 e. The molecule has 116 valence electrons. The fourth-order valence-electron chi connectivity index (χ4n) is 2.41. The van der Waals surface area contributed by atoms with E-state index in [1.165, 1.54) is 12.5 Å². The van der Waals surface area contributed by atoms with Crippen LogP contribution in [0.15, 0.2) is 54.6 Å². The van der Waals surface area contributed by atoms with Gasteiger partial charge < -0.3 is 10.4 Å². The Morgan fingerprint density at radius 3 is 2.41 bits per heavy atom. The topological polar surface area (TPSA) is 52.6 Å². The predicted octanol–water partition coefficient (Wildman–Crippen LogP) is 2.64. The van der Waals surface area contributed by atoms with Gasteiger partial charge in [0.05, 0.1) is 6.61 Å². The first-order valence-electron chi connectivity index (χ1n) is 7.41. The van der Waals surface area contributed by atoms with Crippen LogP contribution in [-0.2, 0) is 17.9 Å². The lowest BCUT2D eigenvalue weighted by Gasteiger charge is -2.22. The van der Waals surface area contributed by atoms with E-state index in [1.54, 1.807) is 0 Å². The number of hydrogen-bond donors (Lipinski definition) is 2. The summed E-state index contributed by atoms with van der Waals surface area (Å²) in [5.74, 6) is -0.0753. The molecule has 22 heavy (non-hydrogen) atoms. The van der Waals surface area contributed by atoms with Crippen LogP contribution in [0.2, 0.25) is 0 Å². The summed E-state index contributed by atoms with van der Waals surface area (Å²) in [6, 6.07) is 18.0. The van der Waals surface area contributed by atoms with Crippen molar-refractivity contribution in [2.75, 3.05) is 18.5 Å². The molecular formula is C18H22N2O2. The van der Waals surface area contributed by atoms with Gasteiger partial charge in [-0.15, -0.1) is 0 Å². The van der Waals surface area contributed by atoms with E-state index in [9.17, 15) is 9.90 Å². The molecule has 0 unspecified atom stereocenters. The standard InChI is InChI=1S/C18H22N2O2/c1-15(22)19-18-9-5-8-17(12-18)14-20(10-11-21)13-16-6-3-2-4-7-16/h2-9,12,21H,10-11,13-14H2,1H3,(H,19,22). The normalized spacial score (nSPS) is 10.7. The van der Waals surface area contributed by atoms with Gasteiger partial charge in [-0.1, -0.05) is 42.5 Å². The molecule has 0 saturated heterocycles. The SMILES string of the molecule is CC(=O)Nc1cccc(CN(CCO)Cc2ccccc2)c1. The molecule has 0 heterocycles. The first-order valence-corrected chi connectivity index (χ1v) is 7.41. The first-order chi connectivity index (χ1) is 10.7. The van der Waals surface area contributed by atoms with Crippen LogP contribution >= 0.6 is 0 Å². The lowest BCUT2D eigenvalue weighted by atomic mass is 10.1. The van der Waals surface area contributed by atoms with E-state index in [0.29, 0.717) is 6.54 Å². The van der Waals surface area contributed by atoms with Crippen molar-refractivity contribution in [1.82, 2.24) is 4.90 Å². The summed E-state index contributed by atoms with van der Waals surface area (Å²) in [6.45, 7) is 3.74. The lowest BCUT2D eigenvalue weighted by molar-refractivity contribution is -0.114. The smallest absolute Gasteiger partial charge is 0.221 e. The Kier molecular flexibility index (Phi) is 6.13. The number of amides is 1. The average Bonchev–Trinajstić information content (AvgIpc) is 2.48. The van der Waals surface area contributed by atoms with E-state index < -0.39 is 0 Å². The van der Waals surface area contributed by atoms with Crippen molar-refractivity contribution in [3.05, 3.63) is 65.7 Å². The Morgan fingerprint density at radius 2 is 1.73 bits per heavy atom. The molecule has 0 radical (unpaired) electrons. The molecule has 2 aromatic rings. The van der Waals surface area contributed by atoms with Crippen molar-refractivity contribution in [2.24, 2.45) is 0 Å². The number of nitrogens with one attached hydrogen (secondary N) is 1. The zero-order valence-corrected chi connectivity index (χ0v) is 12.8. The summed E-state index contributed by atoms with van der Waals surface area (Å²) >= 11 is 0. The summed E-state index contributed by atoms with van der Waals surface area (Å²) in [5.41, 5.74) is 3.12. The minimum Gasteiger partial charge on any atom is -0.395 e. The third-order valence-electron chi connectivity index (χ3n) is 3.32. The van der Waals surface area contributed by atoms with Crippen LogP contribution in [-0.4, -0.2) is 29.1 Å². The summed E-state index contributed by atoms with van der Waals surface area (Å²) < 4.78 is 0. The third kappa shape index (κ3) is 5.31. The van der Waals surface area contributed by atoms with E-state index in [2.05, 4.69) is 22.3 Å². The molecule has 1 amide bonds. The van der Waals surface area contributed by atoms with E-state index in [1.807, 2.05) is 42.5 Å². The molecule has 4 heteroatoms. The van der Waals surface area contributed by atoms with Gasteiger partial charge in [0.25, 0.3) is 0 Å². The molecule has 0 bridgehead atoms. The molecule has 4 nitrogen and oxygen atoms in total. The zero-order valence-electron chi connectivity index (χ0n) is 12.8. The molecular weight excluding hydrogens is 276 g/mol. The molecule has 0 aliphatic carbocycles. The molecule has 2 aromatic carbocycles. The van der Waals surface area contributed by atoms with Crippen LogP contribution in [0.1, 0.15) is 18.1 Å². The summed E-state index contributed by atoms with van der Waals surface area (Å²) in [7, 11) is 0. The molecule has 2 N–H and O–H groups in total. The van der Waals surface area contributed by atoms with Gasteiger partial charge in [-0.05, 0) is 23.3 Å². The number of hydrogen-bond acceptors (Lipinski definition) is 3. The van der Waals surface area contributed by atoms with E-state index in [-0.39, 0.29) is 12.5 Å². The van der Waals surface area contributed by atoms with Gasteiger partial charge in [0.2, 0.25) is 5.91 Å². The van der Waals surface area contributed by atoms with Gasteiger partial charge in [0.15, 0.2) is 0 Å².